The van der Waals surface area contributed by atoms with Crippen molar-refractivity contribution in [3.8, 4) is 0 Å². The maximum absolute atomic E-state index is 13.0. The first kappa shape index (κ1) is 23.7. The van der Waals surface area contributed by atoms with Crippen LogP contribution in [-0.4, -0.2) is 61.7 Å². The maximum Gasteiger partial charge on any atom is 0.243 e. The molecule has 2 aliphatic rings. The molecule has 1 heterocycles. The molecule has 8 heteroatoms. The van der Waals surface area contributed by atoms with Gasteiger partial charge in [0.1, 0.15) is 0 Å². The highest BCUT2D eigenvalue weighted by Crippen LogP contribution is 2.23. The average molecular weight is 450 g/mol. The van der Waals surface area contributed by atoms with Gasteiger partial charge in [-0.05, 0) is 43.9 Å². The smallest absolute Gasteiger partial charge is 0.243 e. The van der Waals surface area contributed by atoms with Crippen LogP contribution in [0.1, 0.15) is 62.5 Å². The molecule has 1 saturated carbocycles. The molecule has 2 amide bonds. The summed E-state index contributed by atoms with van der Waals surface area (Å²) in [6, 6.07) is 5.66. The van der Waals surface area contributed by atoms with Crippen LogP contribution in [0.2, 0.25) is 0 Å². The second-order valence-corrected chi connectivity index (χ2v) is 10.7. The number of hydrogen-bond donors (Lipinski definition) is 1. The van der Waals surface area contributed by atoms with Gasteiger partial charge < -0.3 is 10.2 Å². The summed E-state index contributed by atoms with van der Waals surface area (Å²) in [5.74, 6) is -0.142. The quantitative estimate of drug-likeness (QED) is 0.677. The van der Waals surface area contributed by atoms with Gasteiger partial charge in [-0.3, -0.25) is 9.59 Å². The maximum atomic E-state index is 13.0. The highest BCUT2D eigenvalue weighted by Gasteiger charge is 2.31. The molecule has 3 rings (SSSR count). The van der Waals surface area contributed by atoms with Crippen molar-refractivity contribution >= 4 is 21.8 Å². The van der Waals surface area contributed by atoms with Gasteiger partial charge in [-0.25, -0.2) is 8.42 Å². The monoisotopic (exact) mass is 449 g/mol. The minimum Gasteiger partial charge on any atom is -0.353 e. The highest BCUT2D eigenvalue weighted by molar-refractivity contribution is 7.89. The Balaban J connectivity index is 1.47. The molecule has 2 fully saturated rings. The fraction of sp³-hybridized carbons (Fsp3) is 0.652. The van der Waals surface area contributed by atoms with Crippen LogP contribution in [0, 0.1) is 13.8 Å². The molecular weight excluding hydrogens is 414 g/mol. The molecule has 0 spiro atoms. The Morgan fingerprint density at radius 2 is 1.61 bits per heavy atom. The Morgan fingerprint density at radius 1 is 0.968 bits per heavy atom. The van der Waals surface area contributed by atoms with Gasteiger partial charge in [-0.15, -0.1) is 0 Å². The highest BCUT2D eigenvalue weighted by atomic mass is 32.2. The Kier molecular flexibility index (Phi) is 8.11. The molecule has 1 N–H and O–H groups in total. The van der Waals surface area contributed by atoms with E-state index in [9.17, 15) is 18.0 Å². The SMILES string of the molecule is Cc1ccc(C)c(S(=O)(=O)N2CCN(C(=O)CCC(=O)NC3CCCCCC3)CC2)c1. The summed E-state index contributed by atoms with van der Waals surface area (Å²) in [4.78, 5) is 26.8. The van der Waals surface area contributed by atoms with E-state index in [-0.39, 0.29) is 43.8 Å². The molecule has 1 aromatic carbocycles. The van der Waals surface area contributed by atoms with Crippen LogP contribution in [0.15, 0.2) is 23.1 Å². The molecule has 0 atom stereocenters. The number of piperazine rings is 1. The van der Waals surface area contributed by atoms with Crippen LogP contribution in [0.3, 0.4) is 0 Å². The van der Waals surface area contributed by atoms with Crippen molar-refractivity contribution in [3.63, 3.8) is 0 Å². The first-order chi connectivity index (χ1) is 14.8. The van der Waals surface area contributed by atoms with Crippen molar-refractivity contribution in [2.45, 2.75) is 76.2 Å². The van der Waals surface area contributed by atoms with Crippen molar-refractivity contribution in [1.82, 2.24) is 14.5 Å². The molecule has 1 aromatic rings. The third-order valence-electron chi connectivity index (χ3n) is 6.34. The summed E-state index contributed by atoms with van der Waals surface area (Å²) >= 11 is 0. The van der Waals surface area contributed by atoms with Gasteiger partial charge >= 0.3 is 0 Å². The zero-order valence-corrected chi connectivity index (χ0v) is 19.5. The summed E-state index contributed by atoms with van der Waals surface area (Å²) in [5.41, 5.74) is 1.63. The van der Waals surface area contributed by atoms with Gasteiger partial charge in [0, 0.05) is 45.1 Å². The molecule has 31 heavy (non-hydrogen) atoms. The molecule has 172 valence electrons. The summed E-state index contributed by atoms with van der Waals surface area (Å²) in [7, 11) is -3.58. The molecule has 7 nitrogen and oxygen atoms in total. The van der Waals surface area contributed by atoms with Gasteiger partial charge in [0.15, 0.2) is 0 Å². The van der Waals surface area contributed by atoms with Crippen molar-refractivity contribution in [2.24, 2.45) is 0 Å². The van der Waals surface area contributed by atoms with Crippen LogP contribution >= 0.6 is 0 Å². The lowest BCUT2D eigenvalue weighted by atomic mass is 10.1. The van der Waals surface area contributed by atoms with E-state index < -0.39 is 10.0 Å². The molecule has 1 aliphatic carbocycles. The van der Waals surface area contributed by atoms with E-state index in [4.69, 9.17) is 0 Å². The van der Waals surface area contributed by atoms with Crippen molar-refractivity contribution in [3.05, 3.63) is 29.3 Å². The Labute approximate surface area is 186 Å². The Morgan fingerprint density at radius 3 is 2.26 bits per heavy atom. The normalized spacial score (nSPS) is 19.1. The summed E-state index contributed by atoms with van der Waals surface area (Å²) < 4.78 is 27.5. The van der Waals surface area contributed by atoms with E-state index in [2.05, 4.69) is 5.32 Å². The average Bonchev–Trinajstić information content (AvgIpc) is 3.02. The Bertz CT molecular complexity index is 884. The van der Waals surface area contributed by atoms with E-state index in [1.807, 2.05) is 19.1 Å². The predicted octanol–water partition coefficient (Wildman–Crippen LogP) is 2.76. The predicted molar refractivity (Wildman–Crippen MR) is 120 cm³/mol. The fourth-order valence-electron chi connectivity index (χ4n) is 4.40. The largest absolute Gasteiger partial charge is 0.353 e. The third kappa shape index (κ3) is 6.29. The number of nitrogens with zero attached hydrogens (tertiary/aromatic N) is 2. The van der Waals surface area contributed by atoms with Gasteiger partial charge in [-0.2, -0.15) is 4.31 Å². The summed E-state index contributed by atoms with van der Waals surface area (Å²) in [6.45, 7) is 4.93. The van der Waals surface area contributed by atoms with E-state index in [0.717, 1.165) is 36.8 Å². The third-order valence-corrected chi connectivity index (χ3v) is 8.38. The molecule has 0 aromatic heterocycles. The summed E-state index contributed by atoms with van der Waals surface area (Å²) in [5, 5.41) is 3.07. The van der Waals surface area contributed by atoms with Crippen LogP contribution < -0.4 is 5.32 Å². The number of carbonyl (C=O) groups is 2. The zero-order valence-electron chi connectivity index (χ0n) is 18.7. The number of benzene rings is 1. The van der Waals surface area contributed by atoms with E-state index in [0.29, 0.717) is 18.0 Å². The van der Waals surface area contributed by atoms with Gasteiger partial charge in [0.05, 0.1) is 4.90 Å². The second kappa shape index (κ2) is 10.6. The van der Waals surface area contributed by atoms with Crippen molar-refractivity contribution < 1.29 is 18.0 Å². The topological polar surface area (TPSA) is 86.8 Å². The zero-order chi connectivity index (χ0) is 22.4. The number of amides is 2. The van der Waals surface area contributed by atoms with E-state index in [1.54, 1.807) is 17.9 Å². The van der Waals surface area contributed by atoms with Gasteiger partial charge in [-0.1, -0.05) is 37.8 Å². The number of sulfonamides is 1. The summed E-state index contributed by atoms with van der Waals surface area (Å²) in [6.07, 6.45) is 7.18. The lowest BCUT2D eigenvalue weighted by molar-refractivity contribution is -0.134. The fourth-order valence-corrected chi connectivity index (χ4v) is 6.14. The van der Waals surface area contributed by atoms with Crippen LogP contribution in [-0.2, 0) is 19.6 Å². The first-order valence-electron chi connectivity index (χ1n) is 11.4. The number of nitrogens with one attached hydrogen (secondary N) is 1. The second-order valence-electron chi connectivity index (χ2n) is 8.81. The van der Waals surface area contributed by atoms with Gasteiger partial charge in [0.25, 0.3) is 0 Å². The number of aryl methyl sites for hydroxylation is 2. The van der Waals surface area contributed by atoms with Crippen molar-refractivity contribution in [2.75, 3.05) is 26.2 Å². The molecule has 1 aliphatic heterocycles. The number of hydrogen-bond acceptors (Lipinski definition) is 4. The molecule has 0 unspecified atom stereocenters. The lowest BCUT2D eigenvalue weighted by Gasteiger charge is -2.34. The lowest BCUT2D eigenvalue weighted by Crippen LogP contribution is -2.50. The van der Waals surface area contributed by atoms with Crippen LogP contribution in [0.5, 0.6) is 0 Å². The molecule has 0 radical (unpaired) electrons. The minimum absolute atomic E-state index is 0.0589. The number of carbonyl (C=O) groups excluding carboxylic acids is 2. The van der Waals surface area contributed by atoms with Gasteiger partial charge in [0.2, 0.25) is 21.8 Å². The van der Waals surface area contributed by atoms with Crippen LogP contribution in [0.25, 0.3) is 0 Å². The Hall–Kier alpha value is -1.93. The standard InChI is InChI=1S/C23H35N3O4S/c1-18-9-10-19(2)21(17-18)31(29,30)26-15-13-25(14-16-26)23(28)12-11-22(27)24-20-7-5-3-4-6-8-20/h9-10,17,20H,3-8,11-16H2,1-2H3,(H,24,27). The van der Waals surface area contributed by atoms with Crippen LogP contribution in [0.4, 0.5) is 0 Å². The minimum atomic E-state index is -3.58. The van der Waals surface area contributed by atoms with E-state index in [1.165, 1.54) is 17.1 Å². The molecule has 1 saturated heterocycles. The van der Waals surface area contributed by atoms with Crippen molar-refractivity contribution in [1.29, 1.82) is 0 Å². The molecular formula is C23H35N3O4S. The van der Waals surface area contributed by atoms with E-state index >= 15 is 0 Å². The number of rotatable bonds is 6. The first-order valence-corrected chi connectivity index (χ1v) is 12.9. The molecule has 0 bridgehead atoms.